The molecule has 134 valence electrons. The lowest BCUT2D eigenvalue weighted by molar-refractivity contribution is -0.132. The Morgan fingerprint density at radius 1 is 1.12 bits per heavy atom. The lowest BCUT2D eigenvalue weighted by atomic mass is 9.97. The molecule has 0 aliphatic carbocycles. The van der Waals surface area contributed by atoms with Crippen LogP contribution in [0.15, 0.2) is 54.6 Å². The Morgan fingerprint density at radius 3 is 2.54 bits per heavy atom. The second-order valence-electron chi connectivity index (χ2n) is 6.09. The Balaban J connectivity index is 1.95. The fourth-order valence-electron chi connectivity index (χ4n) is 3.13. The first-order chi connectivity index (χ1) is 12.6. The minimum atomic E-state index is -0.806. The zero-order valence-corrected chi connectivity index (χ0v) is 14.6. The first-order valence-corrected chi connectivity index (χ1v) is 8.55. The zero-order valence-electron chi connectivity index (χ0n) is 14.6. The number of amides is 3. The quantitative estimate of drug-likeness (QED) is 0.875. The van der Waals surface area contributed by atoms with Gasteiger partial charge >= 0.3 is 0 Å². The summed E-state index contributed by atoms with van der Waals surface area (Å²) in [4.78, 5) is 38.8. The normalized spacial score (nSPS) is 16.7. The molecule has 0 radical (unpaired) electrons. The second kappa shape index (κ2) is 7.82. The highest BCUT2D eigenvalue weighted by atomic mass is 16.2. The van der Waals surface area contributed by atoms with E-state index in [0.717, 1.165) is 11.1 Å². The summed E-state index contributed by atoms with van der Waals surface area (Å²) in [6.07, 6.45) is -0.0540. The molecule has 2 N–H and O–H groups in total. The average Bonchev–Trinajstić information content (AvgIpc) is 2.69. The maximum Gasteiger partial charge on any atom is 0.255 e. The van der Waals surface area contributed by atoms with Crippen LogP contribution in [0.2, 0.25) is 0 Å². The van der Waals surface area contributed by atoms with Crippen LogP contribution in [0.4, 0.5) is 0 Å². The van der Waals surface area contributed by atoms with Crippen molar-refractivity contribution >= 4 is 17.7 Å². The molecule has 2 aromatic rings. The predicted octanol–water partition coefficient (Wildman–Crippen LogP) is 1.43. The van der Waals surface area contributed by atoms with E-state index >= 15 is 0 Å². The molecule has 1 atom stereocenters. The largest absolute Gasteiger partial charge is 0.359 e. The van der Waals surface area contributed by atoms with Gasteiger partial charge < -0.3 is 15.5 Å². The van der Waals surface area contributed by atoms with Crippen LogP contribution < -0.4 is 10.6 Å². The van der Waals surface area contributed by atoms with Crippen molar-refractivity contribution in [3.05, 3.63) is 60.2 Å². The van der Waals surface area contributed by atoms with E-state index in [9.17, 15) is 14.4 Å². The molecular weight excluding hydrogens is 330 g/mol. The van der Waals surface area contributed by atoms with Gasteiger partial charge in [0.25, 0.3) is 5.91 Å². The highest BCUT2D eigenvalue weighted by Gasteiger charge is 2.35. The molecule has 6 heteroatoms. The topological polar surface area (TPSA) is 78.5 Å². The van der Waals surface area contributed by atoms with E-state index in [0.29, 0.717) is 18.7 Å². The third kappa shape index (κ3) is 3.59. The number of rotatable bonds is 4. The fourth-order valence-corrected chi connectivity index (χ4v) is 3.13. The zero-order chi connectivity index (χ0) is 18.5. The molecule has 1 aliphatic rings. The minimum absolute atomic E-state index is 0.0540. The third-order valence-electron chi connectivity index (χ3n) is 4.49. The molecule has 1 unspecified atom stereocenters. The summed E-state index contributed by atoms with van der Waals surface area (Å²) in [7, 11) is 1.51. The summed E-state index contributed by atoms with van der Waals surface area (Å²) in [5, 5.41) is 5.24. The number of benzene rings is 2. The van der Waals surface area contributed by atoms with Crippen LogP contribution in [0.25, 0.3) is 11.1 Å². The van der Waals surface area contributed by atoms with Crippen molar-refractivity contribution in [1.82, 2.24) is 15.5 Å². The molecule has 1 heterocycles. The standard InChI is InChI=1S/C20H21N3O3/c1-21-18(24)13-17-19(25)22-11-12-23(17)20(26)16-10-6-5-9-15(16)14-7-3-2-4-8-14/h2-10,17H,11-13H2,1H3,(H,21,24)(H,22,25). The lowest BCUT2D eigenvalue weighted by Gasteiger charge is -2.35. The number of piperazine rings is 1. The number of carbonyl (C=O) groups is 3. The van der Waals surface area contributed by atoms with Gasteiger partial charge in [-0.1, -0.05) is 48.5 Å². The molecule has 6 nitrogen and oxygen atoms in total. The average molecular weight is 351 g/mol. The smallest absolute Gasteiger partial charge is 0.255 e. The first kappa shape index (κ1) is 17.7. The Kier molecular flexibility index (Phi) is 5.31. The summed E-state index contributed by atoms with van der Waals surface area (Å²) in [5.74, 6) is -0.820. The van der Waals surface area contributed by atoms with E-state index in [1.54, 1.807) is 12.1 Å². The monoisotopic (exact) mass is 351 g/mol. The molecule has 0 saturated carbocycles. The van der Waals surface area contributed by atoms with Gasteiger partial charge in [0.2, 0.25) is 11.8 Å². The van der Waals surface area contributed by atoms with Gasteiger partial charge in [-0.25, -0.2) is 0 Å². The van der Waals surface area contributed by atoms with Gasteiger partial charge in [0.1, 0.15) is 6.04 Å². The summed E-state index contributed by atoms with van der Waals surface area (Å²) in [6.45, 7) is 0.748. The van der Waals surface area contributed by atoms with Crippen molar-refractivity contribution in [2.24, 2.45) is 0 Å². The highest BCUT2D eigenvalue weighted by Crippen LogP contribution is 2.26. The van der Waals surface area contributed by atoms with Gasteiger partial charge in [0.05, 0.1) is 6.42 Å². The van der Waals surface area contributed by atoms with Gasteiger partial charge in [-0.15, -0.1) is 0 Å². The molecule has 1 fully saturated rings. The molecule has 3 rings (SSSR count). The van der Waals surface area contributed by atoms with Crippen molar-refractivity contribution in [2.45, 2.75) is 12.5 Å². The Labute approximate surface area is 152 Å². The third-order valence-corrected chi connectivity index (χ3v) is 4.49. The Morgan fingerprint density at radius 2 is 1.81 bits per heavy atom. The summed E-state index contributed by atoms with van der Waals surface area (Å²) >= 11 is 0. The first-order valence-electron chi connectivity index (χ1n) is 8.55. The predicted molar refractivity (Wildman–Crippen MR) is 98.4 cm³/mol. The van der Waals surface area contributed by atoms with Crippen molar-refractivity contribution in [2.75, 3.05) is 20.1 Å². The Hall–Kier alpha value is -3.15. The van der Waals surface area contributed by atoms with Crippen molar-refractivity contribution < 1.29 is 14.4 Å². The molecule has 1 saturated heterocycles. The number of nitrogens with zero attached hydrogens (tertiary/aromatic N) is 1. The molecule has 0 spiro atoms. The maximum absolute atomic E-state index is 13.2. The number of hydrogen-bond donors (Lipinski definition) is 2. The second-order valence-corrected chi connectivity index (χ2v) is 6.09. The lowest BCUT2D eigenvalue weighted by Crippen LogP contribution is -2.58. The van der Waals surface area contributed by atoms with E-state index in [4.69, 9.17) is 0 Å². The number of nitrogens with one attached hydrogen (secondary N) is 2. The summed E-state index contributed by atoms with van der Waals surface area (Å²) in [6, 6.07) is 16.2. The van der Waals surface area contributed by atoms with Crippen LogP contribution in [0, 0.1) is 0 Å². The minimum Gasteiger partial charge on any atom is -0.359 e. The van der Waals surface area contributed by atoms with Crippen LogP contribution in [0.1, 0.15) is 16.8 Å². The van der Waals surface area contributed by atoms with Crippen LogP contribution in [0.5, 0.6) is 0 Å². The van der Waals surface area contributed by atoms with Gasteiger partial charge in [-0.3, -0.25) is 14.4 Å². The van der Waals surface area contributed by atoms with Gasteiger partial charge in [0, 0.05) is 25.7 Å². The molecule has 1 aliphatic heterocycles. The van der Waals surface area contributed by atoms with Gasteiger partial charge in [-0.05, 0) is 17.2 Å². The molecule has 0 bridgehead atoms. The summed E-state index contributed by atoms with van der Waals surface area (Å²) < 4.78 is 0. The molecule has 2 aromatic carbocycles. The fraction of sp³-hybridized carbons (Fsp3) is 0.250. The molecular formula is C20H21N3O3. The van der Waals surface area contributed by atoms with Crippen LogP contribution in [-0.2, 0) is 9.59 Å². The van der Waals surface area contributed by atoms with Crippen molar-refractivity contribution in [1.29, 1.82) is 0 Å². The molecule has 3 amide bonds. The van der Waals surface area contributed by atoms with Crippen LogP contribution in [-0.4, -0.2) is 48.8 Å². The molecule has 26 heavy (non-hydrogen) atoms. The van der Waals surface area contributed by atoms with E-state index in [2.05, 4.69) is 10.6 Å². The van der Waals surface area contributed by atoms with Crippen molar-refractivity contribution in [3.8, 4) is 11.1 Å². The summed E-state index contributed by atoms with van der Waals surface area (Å²) in [5.41, 5.74) is 2.26. The van der Waals surface area contributed by atoms with Crippen LogP contribution >= 0.6 is 0 Å². The highest BCUT2D eigenvalue weighted by molar-refractivity contribution is 6.04. The van der Waals surface area contributed by atoms with Crippen LogP contribution in [0.3, 0.4) is 0 Å². The van der Waals surface area contributed by atoms with E-state index in [1.165, 1.54) is 11.9 Å². The SMILES string of the molecule is CNC(=O)CC1C(=O)NCCN1C(=O)c1ccccc1-c1ccccc1. The number of hydrogen-bond acceptors (Lipinski definition) is 3. The Bertz CT molecular complexity index is 820. The van der Waals surface area contributed by atoms with E-state index < -0.39 is 6.04 Å². The molecule has 0 aromatic heterocycles. The van der Waals surface area contributed by atoms with Gasteiger partial charge in [0.15, 0.2) is 0 Å². The van der Waals surface area contributed by atoms with E-state index in [1.807, 2.05) is 42.5 Å². The van der Waals surface area contributed by atoms with Crippen molar-refractivity contribution in [3.63, 3.8) is 0 Å². The maximum atomic E-state index is 13.2. The number of carbonyl (C=O) groups excluding carboxylic acids is 3. The van der Waals surface area contributed by atoms with E-state index in [-0.39, 0.29) is 24.1 Å². The van der Waals surface area contributed by atoms with Gasteiger partial charge in [-0.2, -0.15) is 0 Å².